The van der Waals surface area contributed by atoms with Crippen molar-refractivity contribution in [1.82, 2.24) is 0 Å². The van der Waals surface area contributed by atoms with Gasteiger partial charge in [-0.3, -0.25) is 4.79 Å². The molecule has 8 atom stereocenters. The minimum Gasteiger partial charge on any atom is -0.469 e. The van der Waals surface area contributed by atoms with Crippen molar-refractivity contribution in [2.75, 3.05) is 20.3 Å². The van der Waals surface area contributed by atoms with E-state index < -0.39 is 6.10 Å². The summed E-state index contributed by atoms with van der Waals surface area (Å²) in [5.41, 5.74) is 0. The molecule has 7 nitrogen and oxygen atoms in total. The van der Waals surface area contributed by atoms with Gasteiger partial charge in [-0.05, 0) is 76.0 Å². The normalized spacial score (nSPS) is 31.6. The molecule has 2 saturated heterocycles. The molecule has 0 aromatic carbocycles. The number of rotatable bonds is 16. The van der Waals surface area contributed by atoms with Crippen LogP contribution >= 0.6 is 0 Å². The Kier molecular flexibility index (Phi) is 15.1. The highest BCUT2D eigenvalue weighted by Crippen LogP contribution is 2.40. The first-order chi connectivity index (χ1) is 19.0. The summed E-state index contributed by atoms with van der Waals surface area (Å²) in [5, 5.41) is 11.1. The molecule has 0 amide bonds. The number of methoxy groups -OCH3 is 1. The van der Waals surface area contributed by atoms with Crippen LogP contribution in [0.1, 0.15) is 104 Å². The van der Waals surface area contributed by atoms with Crippen molar-refractivity contribution in [3.05, 3.63) is 24.3 Å². The molecule has 0 aromatic heterocycles. The number of esters is 1. The Hall–Kier alpha value is -1.25. The molecule has 0 spiro atoms. The van der Waals surface area contributed by atoms with Crippen LogP contribution in [-0.4, -0.2) is 62.3 Å². The Morgan fingerprint density at radius 3 is 2.46 bits per heavy atom. The Balaban J connectivity index is 1.69. The molecule has 2 unspecified atom stereocenters. The molecule has 0 bridgehead atoms. The summed E-state index contributed by atoms with van der Waals surface area (Å²) in [6.07, 6.45) is 21.0. The smallest absolute Gasteiger partial charge is 0.305 e. The molecule has 2 aliphatic heterocycles. The number of carbonyl (C=O) groups excluding carboxylic acids is 1. The largest absolute Gasteiger partial charge is 0.469 e. The lowest BCUT2D eigenvalue weighted by Crippen LogP contribution is -2.32. The van der Waals surface area contributed by atoms with Crippen molar-refractivity contribution in [1.29, 1.82) is 0 Å². The van der Waals surface area contributed by atoms with E-state index in [0.29, 0.717) is 18.8 Å². The average Bonchev–Trinajstić information content (AvgIpc) is 3.25. The van der Waals surface area contributed by atoms with Crippen LogP contribution in [0.4, 0.5) is 0 Å². The van der Waals surface area contributed by atoms with Gasteiger partial charge in [-0.25, -0.2) is 0 Å². The molecule has 3 aliphatic rings. The van der Waals surface area contributed by atoms with E-state index in [2.05, 4.69) is 38.2 Å². The van der Waals surface area contributed by atoms with E-state index >= 15 is 0 Å². The summed E-state index contributed by atoms with van der Waals surface area (Å²) in [6, 6.07) is 0. The van der Waals surface area contributed by atoms with Crippen LogP contribution in [0.15, 0.2) is 24.3 Å². The van der Waals surface area contributed by atoms with E-state index in [4.69, 9.17) is 23.7 Å². The van der Waals surface area contributed by atoms with Gasteiger partial charge in [0.2, 0.25) is 0 Å². The topological polar surface area (TPSA) is 83.5 Å². The standard InChI is InChI=1S/C32H54O7/c1-4-5-14-24(2)28(38-31-17-10-12-21-36-31)20-19-26-25(15-8-6-7-9-16-30(34)35-3)27(33)23-29(26)39-32-18-11-13-22-37-32/h6,8,19-20,24-29,31-33H,4-5,7,9-18,21-23H2,1-3H3/t24-,25-,26-,27+,28-,29-,31?,32?/m1/s1. The van der Waals surface area contributed by atoms with Gasteiger partial charge >= 0.3 is 5.97 Å². The molecule has 3 rings (SSSR count). The number of allylic oxidation sites excluding steroid dienone is 2. The molecule has 1 saturated carbocycles. The molecule has 3 fully saturated rings. The van der Waals surface area contributed by atoms with Gasteiger partial charge in [0.25, 0.3) is 0 Å². The van der Waals surface area contributed by atoms with E-state index in [1.54, 1.807) is 0 Å². The van der Waals surface area contributed by atoms with Crippen molar-refractivity contribution >= 4 is 5.97 Å². The second-order valence-electron chi connectivity index (χ2n) is 11.6. The van der Waals surface area contributed by atoms with Crippen molar-refractivity contribution in [3.63, 3.8) is 0 Å². The summed E-state index contributed by atoms with van der Waals surface area (Å²) in [4.78, 5) is 11.4. The molecule has 1 aliphatic carbocycles. The third-order valence-electron chi connectivity index (χ3n) is 8.45. The highest BCUT2D eigenvalue weighted by atomic mass is 16.7. The van der Waals surface area contributed by atoms with E-state index in [0.717, 1.165) is 77.4 Å². The summed E-state index contributed by atoms with van der Waals surface area (Å²) < 4.78 is 29.6. The maximum absolute atomic E-state index is 11.4. The lowest BCUT2D eigenvalue weighted by molar-refractivity contribution is -0.193. The first-order valence-electron chi connectivity index (χ1n) is 15.6. The predicted octanol–water partition coefficient (Wildman–Crippen LogP) is 6.48. The molecule has 1 N–H and O–H groups in total. The molecule has 0 aromatic rings. The second-order valence-corrected chi connectivity index (χ2v) is 11.6. The maximum atomic E-state index is 11.4. The lowest BCUT2D eigenvalue weighted by atomic mass is 9.88. The van der Waals surface area contributed by atoms with Gasteiger partial charge in [-0.15, -0.1) is 0 Å². The van der Waals surface area contributed by atoms with E-state index in [9.17, 15) is 9.90 Å². The molecule has 0 radical (unpaired) electrons. The highest BCUT2D eigenvalue weighted by molar-refractivity contribution is 5.69. The predicted molar refractivity (Wildman–Crippen MR) is 152 cm³/mol. The molecular weight excluding hydrogens is 496 g/mol. The van der Waals surface area contributed by atoms with Crippen molar-refractivity contribution in [2.24, 2.45) is 17.8 Å². The lowest BCUT2D eigenvalue weighted by Gasteiger charge is -2.31. The van der Waals surface area contributed by atoms with Gasteiger partial charge in [0, 0.05) is 32.0 Å². The fourth-order valence-corrected chi connectivity index (χ4v) is 5.97. The van der Waals surface area contributed by atoms with Crippen LogP contribution in [0.3, 0.4) is 0 Å². The van der Waals surface area contributed by atoms with Crippen LogP contribution in [0.5, 0.6) is 0 Å². The second kappa shape index (κ2) is 18.2. The minimum absolute atomic E-state index is 0.0292. The Bertz CT molecular complexity index is 726. The number of aliphatic hydroxyl groups excluding tert-OH is 1. The number of aliphatic hydroxyl groups is 1. The summed E-state index contributed by atoms with van der Waals surface area (Å²) >= 11 is 0. The third kappa shape index (κ3) is 11.3. The SMILES string of the molecule is CCCC[C@@H](C)[C@@H](C=C[C@@H]1[C@@H](CC=CCCCC(=O)OC)[C@@H](O)C[C@H]1OC1CCCCO1)OC1CCCCO1. The number of hydrogen-bond donors (Lipinski definition) is 1. The number of hydrogen-bond acceptors (Lipinski definition) is 7. The molecule has 39 heavy (non-hydrogen) atoms. The van der Waals surface area contributed by atoms with Gasteiger partial charge in [-0.1, -0.05) is 51.0 Å². The van der Waals surface area contributed by atoms with Crippen LogP contribution in [0.25, 0.3) is 0 Å². The zero-order valence-corrected chi connectivity index (χ0v) is 24.6. The number of unbranched alkanes of at least 4 members (excludes halogenated alkanes) is 2. The number of ether oxygens (including phenoxy) is 5. The zero-order chi connectivity index (χ0) is 27.9. The highest BCUT2D eigenvalue weighted by Gasteiger charge is 2.42. The summed E-state index contributed by atoms with van der Waals surface area (Å²) in [7, 11) is 1.42. The van der Waals surface area contributed by atoms with Crippen molar-refractivity contribution < 1.29 is 33.6 Å². The Labute approximate surface area is 236 Å². The first-order valence-corrected chi connectivity index (χ1v) is 15.6. The Morgan fingerprint density at radius 2 is 1.79 bits per heavy atom. The fraction of sp³-hybridized carbons (Fsp3) is 0.844. The van der Waals surface area contributed by atoms with Crippen molar-refractivity contribution in [3.8, 4) is 0 Å². The van der Waals surface area contributed by atoms with Gasteiger partial charge in [-0.2, -0.15) is 0 Å². The van der Waals surface area contributed by atoms with Crippen LogP contribution < -0.4 is 0 Å². The zero-order valence-electron chi connectivity index (χ0n) is 24.6. The van der Waals surface area contributed by atoms with Crippen LogP contribution in [0, 0.1) is 17.8 Å². The molecular formula is C32H54O7. The average molecular weight is 551 g/mol. The van der Waals surface area contributed by atoms with E-state index in [1.165, 1.54) is 20.0 Å². The molecule has 7 heteroatoms. The van der Waals surface area contributed by atoms with Crippen LogP contribution in [-0.2, 0) is 28.5 Å². The summed E-state index contributed by atoms with van der Waals surface area (Å²) in [6.45, 7) is 6.01. The monoisotopic (exact) mass is 550 g/mol. The maximum Gasteiger partial charge on any atom is 0.305 e. The van der Waals surface area contributed by atoms with Gasteiger partial charge in [0.15, 0.2) is 12.6 Å². The molecule has 2 heterocycles. The van der Waals surface area contributed by atoms with Crippen LogP contribution in [0.2, 0.25) is 0 Å². The number of carbonyl (C=O) groups is 1. The fourth-order valence-electron chi connectivity index (χ4n) is 5.97. The van der Waals surface area contributed by atoms with Crippen molar-refractivity contribution in [2.45, 2.75) is 135 Å². The van der Waals surface area contributed by atoms with E-state index in [1.807, 2.05) is 0 Å². The van der Waals surface area contributed by atoms with Gasteiger partial charge in [0.1, 0.15) is 0 Å². The summed E-state index contributed by atoms with van der Waals surface area (Å²) in [5.74, 6) is 0.340. The quantitative estimate of drug-likeness (QED) is 0.134. The Morgan fingerprint density at radius 1 is 1.05 bits per heavy atom. The first kappa shape index (κ1) is 32.3. The minimum atomic E-state index is -0.438. The van der Waals surface area contributed by atoms with Gasteiger partial charge < -0.3 is 28.8 Å². The molecule has 224 valence electrons. The van der Waals surface area contributed by atoms with Gasteiger partial charge in [0.05, 0.1) is 25.4 Å². The van der Waals surface area contributed by atoms with E-state index in [-0.39, 0.29) is 42.6 Å². The third-order valence-corrected chi connectivity index (χ3v) is 8.45.